The summed E-state index contributed by atoms with van der Waals surface area (Å²) < 4.78 is 0. The first-order chi connectivity index (χ1) is 14.1. The molecule has 2 aromatic carbocycles. The second kappa shape index (κ2) is 8.68. The first kappa shape index (κ1) is 19.5. The number of likely N-dealkylation sites (tertiary alicyclic amines) is 1. The summed E-state index contributed by atoms with van der Waals surface area (Å²) in [5.74, 6) is 0.701. The zero-order chi connectivity index (χ0) is 20.2. The van der Waals surface area contributed by atoms with Crippen molar-refractivity contribution < 1.29 is 9.59 Å². The maximum absolute atomic E-state index is 12.7. The van der Waals surface area contributed by atoms with Crippen LogP contribution in [0.2, 0.25) is 0 Å². The van der Waals surface area contributed by atoms with Crippen LogP contribution in [0.15, 0.2) is 54.6 Å². The Bertz CT molecular complexity index is 842. The highest BCUT2D eigenvalue weighted by atomic mass is 16.2. The number of rotatable bonds is 4. The Morgan fingerprint density at radius 3 is 2.41 bits per heavy atom. The molecule has 3 amide bonds. The molecule has 2 fully saturated rings. The molecule has 1 atom stereocenters. The first-order valence-electron chi connectivity index (χ1n) is 10.5. The third-order valence-corrected chi connectivity index (χ3v) is 6.07. The number of nitrogens with zero attached hydrogens (tertiary/aromatic N) is 2. The van der Waals surface area contributed by atoms with Crippen LogP contribution in [0, 0.1) is 12.8 Å². The molecule has 0 aliphatic carbocycles. The van der Waals surface area contributed by atoms with Crippen molar-refractivity contribution in [3.8, 4) is 0 Å². The Hall–Kier alpha value is -2.82. The van der Waals surface area contributed by atoms with Gasteiger partial charge in [-0.2, -0.15) is 0 Å². The van der Waals surface area contributed by atoms with Crippen molar-refractivity contribution in [1.82, 2.24) is 10.2 Å². The van der Waals surface area contributed by atoms with Crippen LogP contribution in [0.4, 0.5) is 10.5 Å². The normalized spacial score (nSPS) is 20.2. The SMILES string of the molecule is Cc1ccc(N2CC(NC(=O)N3CCC(Cc4ccccc4)CC3)CC2=O)cc1. The lowest BCUT2D eigenvalue weighted by Crippen LogP contribution is -2.48. The molecule has 2 saturated heterocycles. The third kappa shape index (κ3) is 4.78. The Morgan fingerprint density at radius 2 is 1.72 bits per heavy atom. The van der Waals surface area contributed by atoms with E-state index in [1.165, 1.54) is 11.1 Å². The van der Waals surface area contributed by atoms with Gasteiger partial charge in [-0.05, 0) is 49.8 Å². The number of carbonyl (C=O) groups excluding carboxylic acids is 2. The van der Waals surface area contributed by atoms with Crippen molar-refractivity contribution >= 4 is 17.6 Å². The smallest absolute Gasteiger partial charge is 0.317 e. The average molecular weight is 392 g/mol. The molecule has 0 saturated carbocycles. The minimum Gasteiger partial charge on any atom is -0.333 e. The molecule has 0 aromatic heterocycles. The van der Waals surface area contributed by atoms with Crippen LogP contribution < -0.4 is 10.2 Å². The molecule has 2 aliphatic rings. The van der Waals surface area contributed by atoms with Gasteiger partial charge < -0.3 is 15.1 Å². The summed E-state index contributed by atoms with van der Waals surface area (Å²) in [4.78, 5) is 28.8. The Morgan fingerprint density at radius 1 is 1.03 bits per heavy atom. The van der Waals surface area contributed by atoms with E-state index in [0.29, 0.717) is 18.9 Å². The molecule has 5 heteroatoms. The Kier molecular flexibility index (Phi) is 5.84. The largest absolute Gasteiger partial charge is 0.333 e. The fraction of sp³-hybridized carbons (Fsp3) is 0.417. The maximum atomic E-state index is 12.7. The maximum Gasteiger partial charge on any atom is 0.317 e. The predicted octanol–water partition coefficient (Wildman–Crippen LogP) is 3.76. The lowest BCUT2D eigenvalue weighted by molar-refractivity contribution is -0.117. The van der Waals surface area contributed by atoms with Gasteiger partial charge in [-0.1, -0.05) is 48.0 Å². The van der Waals surface area contributed by atoms with E-state index in [1.807, 2.05) is 42.2 Å². The molecule has 29 heavy (non-hydrogen) atoms. The summed E-state index contributed by atoms with van der Waals surface area (Å²) in [5, 5.41) is 3.08. The van der Waals surface area contributed by atoms with E-state index >= 15 is 0 Å². The Balaban J connectivity index is 1.26. The van der Waals surface area contributed by atoms with Gasteiger partial charge in [0.05, 0.1) is 6.04 Å². The van der Waals surface area contributed by atoms with Gasteiger partial charge in [-0.3, -0.25) is 4.79 Å². The minimum atomic E-state index is -0.127. The van der Waals surface area contributed by atoms with Crippen LogP contribution in [-0.2, 0) is 11.2 Å². The van der Waals surface area contributed by atoms with Crippen LogP contribution in [0.1, 0.15) is 30.4 Å². The van der Waals surface area contributed by atoms with Gasteiger partial charge in [-0.15, -0.1) is 0 Å². The molecular weight excluding hydrogens is 362 g/mol. The lowest BCUT2D eigenvalue weighted by atomic mass is 9.90. The highest BCUT2D eigenvalue weighted by molar-refractivity contribution is 5.96. The first-order valence-corrected chi connectivity index (χ1v) is 10.5. The molecule has 1 N–H and O–H groups in total. The summed E-state index contributed by atoms with van der Waals surface area (Å²) >= 11 is 0. The summed E-state index contributed by atoms with van der Waals surface area (Å²) in [6, 6.07) is 18.4. The number of aryl methyl sites for hydroxylation is 1. The number of anilines is 1. The van der Waals surface area contributed by atoms with Crippen molar-refractivity contribution in [1.29, 1.82) is 0 Å². The molecule has 5 nitrogen and oxygen atoms in total. The van der Waals surface area contributed by atoms with Crippen molar-refractivity contribution in [2.24, 2.45) is 5.92 Å². The highest BCUT2D eigenvalue weighted by Gasteiger charge is 2.33. The van der Waals surface area contributed by atoms with Crippen LogP contribution in [0.25, 0.3) is 0 Å². The number of benzene rings is 2. The summed E-state index contributed by atoms with van der Waals surface area (Å²) in [6.45, 7) is 4.14. The lowest BCUT2D eigenvalue weighted by Gasteiger charge is -2.33. The predicted molar refractivity (Wildman–Crippen MR) is 115 cm³/mol. The Labute approximate surface area is 172 Å². The zero-order valence-electron chi connectivity index (χ0n) is 17.0. The molecular formula is C24H29N3O2. The van der Waals surface area contributed by atoms with Crippen molar-refractivity contribution in [2.45, 2.75) is 38.6 Å². The monoisotopic (exact) mass is 391 g/mol. The standard InChI is InChI=1S/C24H29N3O2/c1-18-7-9-22(10-8-18)27-17-21(16-23(27)28)25-24(29)26-13-11-20(12-14-26)15-19-5-3-2-4-6-19/h2-10,20-21H,11-17H2,1H3,(H,25,29). The summed E-state index contributed by atoms with van der Waals surface area (Å²) in [7, 11) is 0. The number of nitrogens with one attached hydrogen (secondary N) is 1. The van der Waals surface area contributed by atoms with Crippen LogP contribution in [0.5, 0.6) is 0 Å². The van der Waals surface area contributed by atoms with Gasteiger partial charge in [0, 0.05) is 31.7 Å². The van der Waals surface area contributed by atoms with Crippen molar-refractivity contribution in [3.63, 3.8) is 0 Å². The number of carbonyl (C=O) groups is 2. The minimum absolute atomic E-state index is 0.0354. The van der Waals surface area contributed by atoms with Gasteiger partial charge in [0.25, 0.3) is 0 Å². The second-order valence-electron chi connectivity index (χ2n) is 8.31. The van der Waals surface area contributed by atoms with Gasteiger partial charge >= 0.3 is 6.03 Å². The van der Waals surface area contributed by atoms with E-state index in [-0.39, 0.29) is 18.0 Å². The zero-order valence-corrected chi connectivity index (χ0v) is 17.0. The van der Waals surface area contributed by atoms with E-state index in [4.69, 9.17) is 0 Å². The van der Waals surface area contributed by atoms with E-state index < -0.39 is 0 Å². The molecule has 0 radical (unpaired) electrons. The third-order valence-electron chi connectivity index (χ3n) is 6.07. The fourth-order valence-corrected chi connectivity index (χ4v) is 4.33. The number of hydrogen-bond donors (Lipinski definition) is 1. The molecule has 2 aromatic rings. The summed E-state index contributed by atoms with van der Waals surface area (Å²) in [6.07, 6.45) is 3.51. The molecule has 1 unspecified atom stereocenters. The number of urea groups is 1. The quantitative estimate of drug-likeness (QED) is 0.863. The van der Waals surface area contributed by atoms with E-state index in [0.717, 1.165) is 38.0 Å². The van der Waals surface area contributed by atoms with Gasteiger partial charge in [0.15, 0.2) is 0 Å². The van der Waals surface area contributed by atoms with E-state index in [9.17, 15) is 9.59 Å². The topological polar surface area (TPSA) is 52.7 Å². The molecule has 152 valence electrons. The van der Waals surface area contributed by atoms with Crippen molar-refractivity contribution in [3.05, 3.63) is 65.7 Å². The number of piperidine rings is 1. The van der Waals surface area contributed by atoms with E-state index in [2.05, 4.69) is 29.6 Å². The second-order valence-corrected chi connectivity index (χ2v) is 8.31. The average Bonchev–Trinajstić information content (AvgIpc) is 3.10. The highest BCUT2D eigenvalue weighted by Crippen LogP contribution is 2.24. The number of amides is 3. The van der Waals surface area contributed by atoms with Crippen LogP contribution in [0.3, 0.4) is 0 Å². The van der Waals surface area contributed by atoms with Gasteiger partial charge in [-0.25, -0.2) is 4.79 Å². The molecule has 2 heterocycles. The van der Waals surface area contributed by atoms with Gasteiger partial charge in [0.1, 0.15) is 0 Å². The van der Waals surface area contributed by atoms with Gasteiger partial charge in [0.2, 0.25) is 5.91 Å². The molecule has 4 rings (SSSR count). The van der Waals surface area contributed by atoms with Crippen molar-refractivity contribution in [2.75, 3.05) is 24.5 Å². The van der Waals surface area contributed by atoms with Crippen LogP contribution in [-0.4, -0.2) is 42.5 Å². The molecule has 0 spiro atoms. The fourth-order valence-electron chi connectivity index (χ4n) is 4.33. The molecule has 0 bridgehead atoms. The van der Waals surface area contributed by atoms with Crippen LogP contribution >= 0.6 is 0 Å². The number of hydrogen-bond acceptors (Lipinski definition) is 2. The molecule has 2 aliphatic heterocycles. The summed E-state index contributed by atoms with van der Waals surface area (Å²) in [5.41, 5.74) is 3.44. The van der Waals surface area contributed by atoms with E-state index in [1.54, 1.807) is 4.90 Å².